The van der Waals surface area contributed by atoms with Crippen LogP contribution in [0.1, 0.15) is 22.1 Å². The van der Waals surface area contributed by atoms with E-state index >= 15 is 0 Å². The second-order valence-corrected chi connectivity index (χ2v) is 10.2. The Balaban J connectivity index is 1.60. The molecule has 1 aliphatic heterocycles. The molecule has 2 heterocycles. The third-order valence-electron chi connectivity index (χ3n) is 5.48. The molecule has 0 saturated heterocycles. The number of pyridine rings is 1. The molecule has 10 nitrogen and oxygen atoms in total. The van der Waals surface area contributed by atoms with Crippen LogP contribution in [-0.2, 0) is 0 Å². The lowest BCUT2D eigenvalue weighted by Crippen LogP contribution is -2.14. The third kappa shape index (κ3) is 6.39. The first-order chi connectivity index (χ1) is 18.6. The van der Waals surface area contributed by atoms with Crippen molar-refractivity contribution in [3.63, 3.8) is 0 Å². The molecule has 0 radical (unpaired) electrons. The highest BCUT2D eigenvalue weighted by molar-refractivity contribution is 8.02. The van der Waals surface area contributed by atoms with Gasteiger partial charge in [0.15, 0.2) is 5.82 Å². The van der Waals surface area contributed by atoms with Crippen molar-refractivity contribution in [3.8, 4) is 16.9 Å². The molecule has 0 spiro atoms. The first-order valence-corrected chi connectivity index (χ1v) is 13.6. The fourth-order valence-corrected chi connectivity index (χ4v) is 5.90. The highest BCUT2D eigenvalue weighted by Gasteiger charge is 2.22. The van der Waals surface area contributed by atoms with Crippen molar-refractivity contribution in [2.24, 2.45) is 10.4 Å². The quantitative estimate of drug-likeness (QED) is 0.0376. The molecule has 3 aromatic rings. The van der Waals surface area contributed by atoms with E-state index in [1.165, 1.54) is 18.0 Å². The van der Waals surface area contributed by atoms with E-state index in [1.807, 2.05) is 36.4 Å². The van der Waals surface area contributed by atoms with Gasteiger partial charge in [-0.25, -0.2) is 10.4 Å². The first kappa shape index (κ1) is 27.3. The van der Waals surface area contributed by atoms with Gasteiger partial charge in [0.2, 0.25) is 0 Å². The predicted molar refractivity (Wildman–Crippen MR) is 154 cm³/mol. The molecule has 194 valence electrons. The van der Waals surface area contributed by atoms with Crippen molar-refractivity contribution < 1.29 is 4.74 Å². The van der Waals surface area contributed by atoms with Gasteiger partial charge in [0.25, 0.3) is 0 Å². The zero-order valence-corrected chi connectivity index (χ0v) is 22.3. The van der Waals surface area contributed by atoms with Gasteiger partial charge in [-0.1, -0.05) is 58.0 Å². The van der Waals surface area contributed by atoms with E-state index in [4.69, 9.17) is 32.7 Å². The Morgan fingerprint density at radius 2 is 1.87 bits per heavy atom. The molecule has 0 saturated carbocycles. The molecule has 1 aromatic heterocycles. The van der Waals surface area contributed by atoms with Crippen LogP contribution in [0.4, 0.5) is 5.82 Å². The van der Waals surface area contributed by atoms with Crippen LogP contribution in [0.5, 0.6) is 5.75 Å². The van der Waals surface area contributed by atoms with E-state index in [0.29, 0.717) is 38.2 Å². The highest BCUT2D eigenvalue weighted by atomic mass is 35.5. The maximum Gasteiger partial charge on any atom is 0.158 e. The number of ether oxygens (including phenoxy) is 1. The standard InChI is InChI=1S/C25H23ClN8O2S2/c26-17-5-1-16(2-6-17)24-31-18(13-37-24)14-38-25-21(12-28)22(20(11-27)23(32-25)33-34-29)15-3-7-19(8-4-15)36-10-9-30-35/h1-8,11-13,24,27-28,31H,9-10,14H2,(H2,29,32,33). The lowest BCUT2D eigenvalue weighted by atomic mass is 9.96. The Labute approximate surface area is 232 Å². The van der Waals surface area contributed by atoms with Crippen molar-refractivity contribution in [2.45, 2.75) is 10.4 Å². The molecule has 13 heteroatoms. The molecule has 2 aromatic carbocycles. The third-order valence-corrected chi connectivity index (χ3v) is 7.86. The summed E-state index contributed by atoms with van der Waals surface area (Å²) < 4.78 is 5.50. The van der Waals surface area contributed by atoms with E-state index in [-0.39, 0.29) is 24.3 Å². The Morgan fingerprint density at radius 1 is 1.13 bits per heavy atom. The van der Waals surface area contributed by atoms with Crippen molar-refractivity contribution in [2.75, 3.05) is 24.3 Å². The largest absolute Gasteiger partial charge is 0.492 e. The number of anilines is 1. The Kier molecular flexibility index (Phi) is 9.46. The molecule has 1 aliphatic rings. The average molecular weight is 567 g/mol. The summed E-state index contributed by atoms with van der Waals surface area (Å²) in [7, 11) is 0. The van der Waals surface area contributed by atoms with Gasteiger partial charge in [0.1, 0.15) is 29.3 Å². The van der Waals surface area contributed by atoms with E-state index < -0.39 is 0 Å². The summed E-state index contributed by atoms with van der Waals surface area (Å²) >= 11 is 9.13. The smallest absolute Gasteiger partial charge is 0.158 e. The number of rotatable bonds is 13. The van der Waals surface area contributed by atoms with Crippen LogP contribution in [0.3, 0.4) is 0 Å². The minimum absolute atomic E-state index is 0.0541. The van der Waals surface area contributed by atoms with Crippen molar-refractivity contribution in [3.05, 3.63) is 86.3 Å². The van der Waals surface area contributed by atoms with Crippen LogP contribution >= 0.6 is 35.1 Å². The van der Waals surface area contributed by atoms with E-state index in [2.05, 4.69) is 31.5 Å². The number of nitroso groups, excluding NO2 is 1. The molecule has 0 amide bonds. The summed E-state index contributed by atoms with van der Waals surface area (Å²) in [6, 6.07) is 14.8. The van der Waals surface area contributed by atoms with Crippen molar-refractivity contribution in [1.29, 1.82) is 16.3 Å². The zero-order chi connectivity index (χ0) is 26.9. The maximum absolute atomic E-state index is 10.3. The minimum Gasteiger partial charge on any atom is -0.492 e. The predicted octanol–water partition coefficient (Wildman–Crippen LogP) is 6.87. The molecule has 38 heavy (non-hydrogen) atoms. The molecule has 0 aliphatic carbocycles. The molecule has 0 bridgehead atoms. The topological polar surface area (TPSA) is 160 Å². The van der Waals surface area contributed by atoms with Crippen LogP contribution in [0.2, 0.25) is 5.02 Å². The van der Waals surface area contributed by atoms with Gasteiger partial charge in [-0.2, -0.15) is 10.4 Å². The highest BCUT2D eigenvalue weighted by Crippen LogP contribution is 2.39. The Hall–Kier alpha value is -3.74. The lowest BCUT2D eigenvalue weighted by molar-refractivity contribution is 0.328. The number of nitrogens with zero attached hydrogens (tertiary/aromatic N) is 3. The van der Waals surface area contributed by atoms with Crippen molar-refractivity contribution >= 4 is 53.4 Å². The van der Waals surface area contributed by atoms with Gasteiger partial charge < -0.3 is 20.9 Å². The fraction of sp³-hybridized carbons (Fsp3) is 0.160. The normalized spacial score (nSPS) is 14.2. The second kappa shape index (κ2) is 13.2. The van der Waals surface area contributed by atoms with E-state index in [0.717, 1.165) is 23.0 Å². The number of aromatic nitrogens is 1. The molecule has 1 atom stereocenters. The summed E-state index contributed by atoms with van der Waals surface area (Å²) in [6.45, 7) is 0.231. The number of thioether (sulfide) groups is 2. The summed E-state index contributed by atoms with van der Waals surface area (Å²) in [4.78, 5) is 14.9. The second-order valence-electron chi connectivity index (χ2n) is 7.85. The molecule has 5 N–H and O–H groups in total. The number of nitrogens with one attached hydrogen (secondary N) is 5. The summed E-state index contributed by atoms with van der Waals surface area (Å²) in [5, 5.41) is 29.2. The van der Waals surface area contributed by atoms with E-state index in [9.17, 15) is 4.91 Å². The first-order valence-electron chi connectivity index (χ1n) is 11.3. The molecular formula is C25H23ClN8O2S2. The van der Waals surface area contributed by atoms with Gasteiger partial charge >= 0.3 is 0 Å². The maximum atomic E-state index is 10.3. The summed E-state index contributed by atoms with van der Waals surface area (Å²) in [5.41, 5.74) is 14.3. The number of hydrogen-bond acceptors (Lipinski definition) is 11. The number of hydrogen-bond donors (Lipinski definition) is 5. The summed E-state index contributed by atoms with van der Waals surface area (Å²) in [5.74, 6) is 1.39. The van der Waals surface area contributed by atoms with E-state index in [1.54, 1.807) is 23.9 Å². The zero-order valence-electron chi connectivity index (χ0n) is 19.9. The number of benzene rings is 2. The van der Waals surface area contributed by atoms with Gasteiger partial charge in [-0.15, -0.1) is 11.8 Å². The van der Waals surface area contributed by atoms with Crippen LogP contribution in [0, 0.1) is 21.3 Å². The monoisotopic (exact) mass is 566 g/mol. The number of halogens is 1. The summed E-state index contributed by atoms with van der Waals surface area (Å²) in [6.07, 6.45) is 2.35. The SMILES string of the molecule is N=Cc1c(NN=N)nc(SCC2=CSC(c3ccc(Cl)cc3)N2)c(C=N)c1-c1ccc(OCCN=O)cc1. The minimum atomic E-state index is 0.0541. The van der Waals surface area contributed by atoms with Crippen molar-refractivity contribution in [1.82, 2.24) is 10.3 Å². The van der Waals surface area contributed by atoms with Crippen LogP contribution in [0.15, 0.2) is 75.1 Å². The van der Waals surface area contributed by atoms with Crippen LogP contribution < -0.4 is 15.5 Å². The van der Waals surface area contributed by atoms with Gasteiger partial charge in [0, 0.05) is 45.6 Å². The fourth-order valence-electron chi connectivity index (χ4n) is 3.75. The van der Waals surface area contributed by atoms with Crippen LogP contribution in [-0.4, -0.2) is 36.3 Å². The lowest BCUT2D eigenvalue weighted by Gasteiger charge is -2.18. The van der Waals surface area contributed by atoms with Gasteiger partial charge in [-0.3, -0.25) is 0 Å². The Bertz CT molecular complexity index is 1370. The molecular weight excluding hydrogens is 544 g/mol. The molecule has 4 rings (SSSR count). The molecule has 1 unspecified atom stereocenters. The Morgan fingerprint density at radius 3 is 2.53 bits per heavy atom. The van der Waals surface area contributed by atoms with Gasteiger partial charge in [-0.05, 0) is 40.8 Å². The average Bonchev–Trinajstić information content (AvgIpc) is 3.41. The van der Waals surface area contributed by atoms with Gasteiger partial charge in [0.05, 0.1) is 0 Å². The van der Waals surface area contributed by atoms with Crippen LogP contribution in [0.25, 0.3) is 11.1 Å². The molecule has 0 fully saturated rings.